The Morgan fingerprint density at radius 3 is 2.64 bits per heavy atom. The summed E-state index contributed by atoms with van der Waals surface area (Å²) in [5, 5.41) is 11.8. The van der Waals surface area contributed by atoms with E-state index in [1.165, 1.54) is 5.57 Å². The van der Waals surface area contributed by atoms with E-state index in [0.29, 0.717) is 24.4 Å². The Morgan fingerprint density at radius 2 is 1.96 bits per heavy atom. The molecule has 0 aromatic heterocycles. The molecule has 0 heterocycles. The van der Waals surface area contributed by atoms with Crippen LogP contribution in [0.5, 0.6) is 0 Å². The van der Waals surface area contributed by atoms with Crippen LogP contribution in [0.15, 0.2) is 11.6 Å². The van der Waals surface area contributed by atoms with E-state index in [0.717, 1.165) is 44.9 Å². The van der Waals surface area contributed by atoms with E-state index in [9.17, 15) is 9.90 Å². The summed E-state index contributed by atoms with van der Waals surface area (Å²) >= 11 is 0. The average molecular weight is 347 g/mol. The SMILES string of the molecule is CC[C@@H]1CC(=O)[C@]2(O)[C@@H]3CC=C4C[C@@H](OC)CC[C@]4(C)[C@H]3CC[C@]12C. The van der Waals surface area contributed by atoms with Crippen molar-refractivity contribution in [1.82, 2.24) is 0 Å². The van der Waals surface area contributed by atoms with Gasteiger partial charge in [0.1, 0.15) is 5.60 Å². The maximum absolute atomic E-state index is 13.0. The minimum atomic E-state index is -1.11. The van der Waals surface area contributed by atoms with Crippen LogP contribution in [0, 0.1) is 28.6 Å². The molecule has 0 aromatic carbocycles. The van der Waals surface area contributed by atoms with Gasteiger partial charge in [-0.25, -0.2) is 0 Å². The molecule has 0 unspecified atom stereocenters. The van der Waals surface area contributed by atoms with E-state index in [-0.39, 0.29) is 22.5 Å². The van der Waals surface area contributed by atoms with Crippen molar-refractivity contribution in [2.24, 2.45) is 28.6 Å². The van der Waals surface area contributed by atoms with E-state index in [2.05, 4.69) is 26.8 Å². The van der Waals surface area contributed by atoms with Crippen molar-refractivity contribution in [2.45, 2.75) is 83.8 Å². The van der Waals surface area contributed by atoms with Crippen LogP contribution in [0.2, 0.25) is 0 Å². The molecule has 0 bridgehead atoms. The second kappa shape index (κ2) is 5.66. The van der Waals surface area contributed by atoms with E-state index in [4.69, 9.17) is 4.74 Å². The zero-order valence-corrected chi connectivity index (χ0v) is 16.3. The lowest BCUT2D eigenvalue weighted by atomic mass is 9.45. The van der Waals surface area contributed by atoms with Gasteiger partial charge in [-0.3, -0.25) is 4.79 Å². The number of hydrogen-bond acceptors (Lipinski definition) is 3. The van der Waals surface area contributed by atoms with Crippen LogP contribution >= 0.6 is 0 Å². The Labute approximate surface area is 152 Å². The summed E-state index contributed by atoms with van der Waals surface area (Å²) in [7, 11) is 1.82. The first-order valence-corrected chi connectivity index (χ1v) is 10.3. The fourth-order valence-electron chi connectivity index (χ4n) is 7.31. The van der Waals surface area contributed by atoms with Crippen molar-refractivity contribution in [3.63, 3.8) is 0 Å². The Morgan fingerprint density at radius 1 is 1.20 bits per heavy atom. The molecule has 0 radical (unpaired) electrons. The molecule has 140 valence electrons. The Balaban J connectivity index is 1.73. The third-order valence-electron chi connectivity index (χ3n) is 9.06. The topological polar surface area (TPSA) is 46.5 Å². The number of fused-ring (bicyclic) bond motifs is 5. The van der Waals surface area contributed by atoms with Crippen molar-refractivity contribution in [1.29, 1.82) is 0 Å². The lowest BCUT2D eigenvalue weighted by molar-refractivity contribution is -0.185. The quantitative estimate of drug-likeness (QED) is 0.759. The highest BCUT2D eigenvalue weighted by Crippen LogP contribution is 2.67. The molecule has 25 heavy (non-hydrogen) atoms. The smallest absolute Gasteiger partial charge is 0.165 e. The summed E-state index contributed by atoms with van der Waals surface area (Å²) < 4.78 is 5.63. The number of carbonyl (C=O) groups excluding carboxylic acids is 1. The Hall–Kier alpha value is -0.670. The van der Waals surface area contributed by atoms with Gasteiger partial charge in [-0.15, -0.1) is 0 Å². The van der Waals surface area contributed by atoms with Crippen LogP contribution in [-0.2, 0) is 9.53 Å². The van der Waals surface area contributed by atoms with Crippen LogP contribution in [0.4, 0.5) is 0 Å². The van der Waals surface area contributed by atoms with E-state index >= 15 is 0 Å². The lowest BCUT2D eigenvalue weighted by Crippen LogP contribution is -2.63. The maximum Gasteiger partial charge on any atom is 0.165 e. The highest BCUT2D eigenvalue weighted by molar-refractivity contribution is 5.91. The molecule has 0 aliphatic heterocycles. The number of aliphatic hydroxyl groups is 1. The highest BCUT2D eigenvalue weighted by Gasteiger charge is 2.69. The minimum Gasteiger partial charge on any atom is -0.381 e. The number of allylic oxidation sites excluding steroid dienone is 1. The van der Waals surface area contributed by atoms with E-state index < -0.39 is 5.60 Å². The van der Waals surface area contributed by atoms with Crippen LogP contribution < -0.4 is 0 Å². The summed E-state index contributed by atoms with van der Waals surface area (Å²) in [6, 6.07) is 0. The van der Waals surface area contributed by atoms with Gasteiger partial charge in [0.05, 0.1) is 6.10 Å². The number of carbonyl (C=O) groups is 1. The van der Waals surface area contributed by atoms with Crippen molar-refractivity contribution in [3.8, 4) is 0 Å². The first-order chi connectivity index (χ1) is 11.8. The van der Waals surface area contributed by atoms with Crippen molar-refractivity contribution < 1.29 is 14.6 Å². The Kier molecular flexibility index (Phi) is 4.01. The molecular formula is C22H34O3. The zero-order valence-electron chi connectivity index (χ0n) is 16.3. The predicted octanol–water partition coefficient (Wildman–Crippen LogP) is 4.28. The normalized spacial score (nSPS) is 52.2. The molecule has 0 saturated heterocycles. The molecule has 1 N–H and O–H groups in total. The zero-order chi connectivity index (χ0) is 18.0. The molecular weight excluding hydrogens is 312 g/mol. The first kappa shape index (κ1) is 17.7. The summed E-state index contributed by atoms with van der Waals surface area (Å²) in [5.74, 6) is 1.00. The second-order valence-electron chi connectivity index (χ2n) is 9.65. The third-order valence-corrected chi connectivity index (χ3v) is 9.06. The monoisotopic (exact) mass is 346 g/mol. The van der Waals surface area contributed by atoms with Gasteiger partial charge < -0.3 is 9.84 Å². The molecule has 0 spiro atoms. The largest absolute Gasteiger partial charge is 0.381 e. The molecule has 4 aliphatic carbocycles. The fourth-order valence-corrected chi connectivity index (χ4v) is 7.31. The number of methoxy groups -OCH3 is 1. The van der Waals surface area contributed by atoms with Crippen LogP contribution in [0.25, 0.3) is 0 Å². The van der Waals surface area contributed by atoms with Gasteiger partial charge in [-0.1, -0.05) is 38.8 Å². The molecule has 7 atom stereocenters. The summed E-state index contributed by atoms with van der Waals surface area (Å²) in [5.41, 5.74) is 0.321. The fraction of sp³-hybridized carbons (Fsp3) is 0.864. The molecule has 4 rings (SSSR count). The van der Waals surface area contributed by atoms with Crippen molar-refractivity contribution in [3.05, 3.63) is 11.6 Å². The number of ether oxygens (including phenoxy) is 1. The van der Waals surface area contributed by atoms with Crippen LogP contribution in [-0.4, -0.2) is 29.7 Å². The molecule has 4 aliphatic rings. The maximum atomic E-state index is 13.0. The van der Waals surface area contributed by atoms with Crippen LogP contribution in [0.1, 0.15) is 72.1 Å². The molecule has 0 aromatic rings. The second-order valence-corrected chi connectivity index (χ2v) is 9.65. The van der Waals surface area contributed by atoms with E-state index in [1.807, 2.05) is 7.11 Å². The summed E-state index contributed by atoms with van der Waals surface area (Å²) in [6.07, 6.45) is 10.5. The lowest BCUT2D eigenvalue weighted by Gasteiger charge is -2.60. The highest BCUT2D eigenvalue weighted by atomic mass is 16.5. The number of Topliss-reactive ketones (excluding diaryl/α,β-unsaturated/α-hetero) is 1. The van der Waals surface area contributed by atoms with Gasteiger partial charge in [-0.2, -0.15) is 0 Å². The van der Waals surface area contributed by atoms with Gasteiger partial charge in [0.15, 0.2) is 5.78 Å². The minimum absolute atomic E-state index is 0.100. The molecule has 3 heteroatoms. The van der Waals surface area contributed by atoms with Gasteiger partial charge >= 0.3 is 0 Å². The molecule has 3 fully saturated rings. The molecule has 0 amide bonds. The summed E-state index contributed by atoms with van der Waals surface area (Å²) in [4.78, 5) is 13.0. The van der Waals surface area contributed by atoms with Gasteiger partial charge in [-0.05, 0) is 55.8 Å². The summed E-state index contributed by atoms with van der Waals surface area (Å²) in [6.45, 7) is 6.77. The standard InChI is InChI=1S/C22H34O3/c1-5-14-13-19(23)22(24)18-7-6-15-12-16(25-4)8-10-20(15,2)17(18)9-11-21(14,22)3/h6,14,16-18,24H,5,7-13H2,1-4H3/t14-,16+,17+,18-,20+,21-,22-/m1/s1. The third kappa shape index (κ3) is 2.09. The Bertz CT molecular complexity index is 610. The van der Waals surface area contributed by atoms with Gasteiger partial charge in [0.2, 0.25) is 0 Å². The first-order valence-electron chi connectivity index (χ1n) is 10.3. The number of ketones is 1. The van der Waals surface area contributed by atoms with Crippen molar-refractivity contribution in [2.75, 3.05) is 7.11 Å². The number of hydrogen-bond donors (Lipinski definition) is 1. The number of rotatable bonds is 2. The molecule has 3 nitrogen and oxygen atoms in total. The van der Waals surface area contributed by atoms with Gasteiger partial charge in [0.25, 0.3) is 0 Å². The van der Waals surface area contributed by atoms with Crippen molar-refractivity contribution >= 4 is 5.78 Å². The predicted molar refractivity (Wildman–Crippen MR) is 98.1 cm³/mol. The molecule has 3 saturated carbocycles. The van der Waals surface area contributed by atoms with E-state index in [1.54, 1.807) is 0 Å². The average Bonchev–Trinajstić information content (AvgIpc) is 2.81. The van der Waals surface area contributed by atoms with Gasteiger partial charge in [0, 0.05) is 24.9 Å². The van der Waals surface area contributed by atoms with Crippen LogP contribution in [0.3, 0.4) is 0 Å².